The third kappa shape index (κ3) is 2.94. The van der Waals surface area contributed by atoms with Gasteiger partial charge in [0.15, 0.2) is 0 Å². The van der Waals surface area contributed by atoms with Crippen molar-refractivity contribution in [3.63, 3.8) is 0 Å². The molecule has 0 radical (unpaired) electrons. The molecule has 0 bridgehead atoms. The van der Waals surface area contributed by atoms with Crippen LogP contribution < -0.4 is 5.32 Å². The highest BCUT2D eigenvalue weighted by Gasteiger charge is 2.35. The molecule has 2 unspecified atom stereocenters. The molecule has 0 saturated heterocycles. The van der Waals surface area contributed by atoms with Gasteiger partial charge in [-0.2, -0.15) is 0 Å². The van der Waals surface area contributed by atoms with Gasteiger partial charge in [0.2, 0.25) is 0 Å². The van der Waals surface area contributed by atoms with E-state index in [0.717, 1.165) is 38.6 Å². The average molecular weight is 201 g/mol. The van der Waals surface area contributed by atoms with Crippen molar-refractivity contribution in [3.05, 3.63) is 0 Å². The maximum Gasteiger partial charge on any atom is 0.0614 e. The number of hydrogen-bond donors (Lipinski definition) is 2. The first-order chi connectivity index (χ1) is 6.76. The topological polar surface area (TPSA) is 41.5 Å². The number of aliphatic hydroxyl groups excluding tert-OH is 1. The molecule has 14 heavy (non-hydrogen) atoms. The zero-order chi connectivity index (χ0) is 10.4. The van der Waals surface area contributed by atoms with Gasteiger partial charge in [-0.25, -0.2) is 0 Å². The summed E-state index contributed by atoms with van der Waals surface area (Å²) >= 11 is 0. The van der Waals surface area contributed by atoms with E-state index >= 15 is 0 Å². The van der Waals surface area contributed by atoms with Crippen molar-refractivity contribution >= 4 is 0 Å². The third-order valence-corrected chi connectivity index (χ3v) is 3.19. The number of rotatable bonds is 5. The van der Waals surface area contributed by atoms with Crippen molar-refractivity contribution in [1.29, 1.82) is 0 Å². The van der Waals surface area contributed by atoms with Gasteiger partial charge in [0.05, 0.1) is 12.7 Å². The summed E-state index contributed by atoms with van der Waals surface area (Å²) in [5.41, 5.74) is -0.0745. The molecule has 0 aromatic carbocycles. The molecule has 2 atom stereocenters. The van der Waals surface area contributed by atoms with Crippen LogP contribution >= 0.6 is 0 Å². The number of methoxy groups -OCH3 is 1. The van der Waals surface area contributed by atoms with Gasteiger partial charge in [-0.15, -0.1) is 0 Å². The molecule has 1 aliphatic rings. The Balaban J connectivity index is 2.49. The predicted octanol–water partition coefficient (Wildman–Crippen LogP) is 1.31. The maximum absolute atomic E-state index is 9.46. The van der Waals surface area contributed by atoms with Crippen LogP contribution in [0.15, 0.2) is 0 Å². The Bertz CT molecular complexity index is 163. The van der Waals surface area contributed by atoms with Crippen LogP contribution in [-0.2, 0) is 4.74 Å². The summed E-state index contributed by atoms with van der Waals surface area (Å²) in [7, 11) is 1.76. The molecule has 2 N–H and O–H groups in total. The van der Waals surface area contributed by atoms with Crippen molar-refractivity contribution in [2.45, 2.75) is 50.7 Å². The molecule has 0 spiro atoms. The van der Waals surface area contributed by atoms with Gasteiger partial charge < -0.3 is 15.2 Å². The van der Waals surface area contributed by atoms with Crippen molar-refractivity contribution in [2.75, 3.05) is 20.3 Å². The molecule has 1 aliphatic carbocycles. The molecule has 1 rings (SSSR count). The average Bonchev–Trinajstić information content (AvgIpc) is 2.26. The number of ether oxygens (including phenoxy) is 1. The lowest BCUT2D eigenvalue weighted by Gasteiger charge is -2.40. The fraction of sp³-hybridized carbons (Fsp3) is 1.00. The highest BCUT2D eigenvalue weighted by atomic mass is 16.5. The minimum absolute atomic E-state index is 0.0745. The second-order valence-electron chi connectivity index (χ2n) is 4.32. The maximum atomic E-state index is 9.46. The summed E-state index contributed by atoms with van der Waals surface area (Å²) in [5.74, 6) is 0. The van der Waals surface area contributed by atoms with E-state index in [9.17, 15) is 5.11 Å². The molecule has 0 aromatic heterocycles. The summed E-state index contributed by atoms with van der Waals surface area (Å²) in [5, 5.41) is 12.9. The van der Waals surface area contributed by atoms with Gasteiger partial charge in [-0.05, 0) is 38.6 Å². The molecule has 0 aliphatic heterocycles. The normalized spacial score (nSPS) is 33.2. The molecular formula is C11H23NO2. The molecule has 0 amide bonds. The van der Waals surface area contributed by atoms with E-state index in [0.29, 0.717) is 6.10 Å². The third-order valence-electron chi connectivity index (χ3n) is 3.19. The Kier molecular flexibility index (Phi) is 4.85. The zero-order valence-electron chi connectivity index (χ0n) is 9.38. The van der Waals surface area contributed by atoms with Crippen molar-refractivity contribution in [3.8, 4) is 0 Å². The van der Waals surface area contributed by atoms with Gasteiger partial charge in [-0.3, -0.25) is 0 Å². The van der Waals surface area contributed by atoms with Crippen molar-refractivity contribution in [1.82, 2.24) is 5.32 Å². The van der Waals surface area contributed by atoms with Crippen LogP contribution in [0.2, 0.25) is 0 Å². The smallest absolute Gasteiger partial charge is 0.0614 e. The second-order valence-corrected chi connectivity index (χ2v) is 4.32. The van der Waals surface area contributed by atoms with Gasteiger partial charge in [0, 0.05) is 12.6 Å². The van der Waals surface area contributed by atoms with Crippen LogP contribution in [0.4, 0.5) is 0 Å². The SMILES string of the molecule is CCCNC1(CO)CCCC(OC)C1. The van der Waals surface area contributed by atoms with Crippen LogP contribution in [0.25, 0.3) is 0 Å². The Hall–Kier alpha value is -0.120. The number of nitrogens with one attached hydrogen (secondary N) is 1. The lowest BCUT2D eigenvalue weighted by molar-refractivity contribution is 0.00998. The van der Waals surface area contributed by atoms with Crippen LogP contribution in [0.3, 0.4) is 0 Å². The van der Waals surface area contributed by atoms with E-state index in [1.54, 1.807) is 7.11 Å². The summed E-state index contributed by atoms with van der Waals surface area (Å²) in [4.78, 5) is 0. The van der Waals surface area contributed by atoms with E-state index in [1.807, 2.05) is 0 Å². The van der Waals surface area contributed by atoms with E-state index < -0.39 is 0 Å². The van der Waals surface area contributed by atoms with Crippen molar-refractivity contribution < 1.29 is 9.84 Å². The van der Waals surface area contributed by atoms with E-state index in [4.69, 9.17) is 4.74 Å². The first-order valence-electron chi connectivity index (χ1n) is 5.65. The standard InChI is InChI=1S/C11H23NO2/c1-3-7-12-11(9-13)6-4-5-10(8-11)14-2/h10,12-13H,3-9H2,1-2H3. The molecule has 0 heterocycles. The Labute approximate surface area is 86.8 Å². The Morgan fingerprint density at radius 3 is 2.93 bits per heavy atom. The minimum atomic E-state index is -0.0745. The van der Waals surface area contributed by atoms with Crippen LogP contribution in [0.1, 0.15) is 39.0 Å². The quantitative estimate of drug-likeness (QED) is 0.704. The van der Waals surface area contributed by atoms with Crippen molar-refractivity contribution in [2.24, 2.45) is 0 Å². The summed E-state index contributed by atoms with van der Waals surface area (Å²) in [6.45, 7) is 3.36. The monoisotopic (exact) mass is 201 g/mol. The van der Waals surface area contributed by atoms with Gasteiger partial charge >= 0.3 is 0 Å². The number of aliphatic hydroxyl groups is 1. The molecular weight excluding hydrogens is 178 g/mol. The van der Waals surface area contributed by atoms with Crippen LogP contribution in [0.5, 0.6) is 0 Å². The predicted molar refractivity (Wildman–Crippen MR) is 57.4 cm³/mol. The van der Waals surface area contributed by atoms with Gasteiger partial charge in [0.1, 0.15) is 0 Å². The van der Waals surface area contributed by atoms with Crippen LogP contribution in [0, 0.1) is 0 Å². The molecule has 3 heteroatoms. The second kappa shape index (κ2) is 5.69. The number of hydrogen-bond acceptors (Lipinski definition) is 3. The van der Waals surface area contributed by atoms with Crippen LogP contribution in [-0.4, -0.2) is 37.0 Å². The fourth-order valence-electron chi connectivity index (χ4n) is 2.26. The Morgan fingerprint density at radius 1 is 1.57 bits per heavy atom. The summed E-state index contributed by atoms with van der Waals surface area (Å²) < 4.78 is 5.38. The minimum Gasteiger partial charge on any atom is -0.394 e. The molecule has 84 valence electrons. The lowest BCUT2D eigenvalue weighted by atomic mass is 9.80. The lowest BCUT2D eigenvalue weighted by Crippen LogP contribution is -2.53. The summed E-state index contributed by atoms with van der Waals surface area (Å²) in [6.07, 6.45) is 5.73. The highest BCUT2D eigenvalue weighted by molar-refractivity contribution is 4.93. The zero-order valence-corrected chi connectivity index (χ0v) is 9.38. The van der Waals surface area contributed by atoms with E-state index in [2.05, 4.69) is 12.2 Å². The molecule has 1 fully saturated rings. The van der Waals surface area contributed by atoms with E-state index in [1.165, 1.54) is 0 Å². The molecule has 3 nitrogen and oxygen atoms in total. The van der Waals surface area contributed by atoms with Gasteiger partial charge in [-0.1, -0.05) is 6.92 Å². The first-order valence-corrected chi connectivity index (χ1v) is 5.65. The Morgan fingerprint density at radius 2 is 2.36 bits per heavy atom. The van der Waals surface area contributed by atoms with E-state index in [-0.39, 0.29) is 12.1 Å². The summed E-state index contributed by atoms with van der Waals surface area (Å²) in [6, 6.07) is 0. The first kappa shape index (κ1) is 12.0. The molecule has 0 aromatic rings. The largest absolute Gasteiger partial charge is 0.394 e. The van der Waals surface area contributed by atoms with Gasteiger partial charge in [0.25, 0.3) is 0 Å². The molecule has 1 saturated carbocycles. The fourth-order valence-corrected chi connectivity index (χ4v) is 2.26. The highest BCUT2D eigenvalue weighted by Crippen LogP contribution is 2.29.